The summed E-state index contributed by atoms with van der Waals surface area (Å²) < 4.78 is 0. The summed E-state index contributed by atoms with van der Waals surface area (Å²) in [7, 11) is 2.32. The number of carbonyl (C=O) groups excluding carboxylic acids is 1. The molecule has 0 radical (unpaired) electrons. The second-order valence-electron chi connectivity index (χ2n) is 8.34. The highest BCUT2D eigenvalue weighted by Crippen LogP contribution is 2.46. The molecular weight excluding hydrogens is 322 g/mol. The Morgan fingerprint density at radius 1 is 1.31 bits per heavy atom. The second-order valence-corrected chi connectivity index (χ2v) is 8.34. The molecule has 2 unspecified atom stereocenters. The molecule has 0 bridgehead atoms. The first kappa shape index (κ1) is 18.0. The van der Waals surface area contributed by atoms with Gasteiger partial charge in [0.05, 0.1) is 0 Å². The smallest absolute Gasteiger partial charge is 0.226 e. The first-order valence-corrected chi connectivity index (χ1v) is 10.5. The molecule has 1 aromatic carbocycles. The molecule has 1 aliphatic carbocycles. The molecule has 1 amide bonds. The summed E-state index contributed by atoms with van der Waals surface area (Å²) in [6, 6.07) is 8.34. The van der Waals surface area contributed by atoms with E-state index in [9.17, 15) is 4.79 Å². The van der Waals surface area contributed by atoms with Crippen LogP contribution in [-0.4, -0.2) is 49.6 Å². The maximum Gasteiger partial charge on any atom is 0.226 e. The van der Waals surface area contributed by atoms with E-state index >= 15 is 0 Å². The molecule has 0 spiro atoms. The summed E-state index contributed by atoms with van der Waals surface area (Å²) in [6.45, 7) is 5.33. The first-order valence-electron chi connectivity index (χ1n) is 10.5. The zero-order valence-corrected chi connectivity index (χ0v) is 16.3. The standard InChI is InChI=1S/C22H33N3O/c1-3-4-5-22(26)25-13-10-17-14-16(6-7-20(17)25)19-15-21(19)24(2)18-8-11-23-12-9-18/h6-7,14,18-19,21,23H,3-5,8-13,15H2,1-2H3. The fraction of sp³-hybridized carbons (Fsp3) is 0.682. The Labute approximate surface area is 157 Å². The molecule has 26 heavy (non-hydrogen) atoms. The number of benzene rings is 1. The van der Waals surface area contributed by atoms with Gasteiger partial charge in [-0.3, -0.25) is 9.69 Å². The Hall–Kier alpha value is -1.39. The topological polar surface area (TPSA) is 35.6 Å². The van der Waals surface area contributed by atoms with Crippen molar-refractivity contribution >= 4 is 11.6 Å². The fourth-order valence-electron chi connectivity index (χ4n) is 4.85. The van der Waals surface area contributed by atoms with Crippen LogP contribution in [0.4, 0.5) is 5.69 Å². The zero-order chi connectivity index (χ0) is 18.1. The van der Waals surface area contributed by atoms with Gasteiger partial charge in [0.1, 0.15) is 0 Å². The van der Waals surface area contributed by atoms with Crippen LogP contribution in [0.15, 0.2) is 18.2 Å². The molecule has 3 aliphatic rings. The van der Waals surface area contributed by atoms with E-state index in [2.05, 4.69) is 42.4 Å². The van der Waals surface area contributed by atoms with Crippen molar-refractivity contribution in [1.82, 2.24) is 10.2 Å². The minimum absolute atomic E-state index is 0.299. The molecule has 2 heterocycles. The number of likely N-dealkylation sites (N-methyl/N-ethyl adjacent to an activating group) is 1. The van der Waals surface area contributed by atoms with Crippen molar-refractivity contribution in [1.29, 1.82) is 0 Å². The normalized spacial score (nSPS) is 25.6. The number of amides is 1. The van der Waals surface area contributed by atoms with E-state index in [0.717, 1.165) is 44.9 Å². The molecule has 1 N–H and O–H groups in total. The lowest BCUT2D eigenvalue weighted by molar-refractivity contribution is -0.118. The van der Waals surface area contributed by atoms with Gasteiger partial charge in [0, 0.05) is 36.7 Å². The molecule has 4 heteroatoms. The van der Waals surface area contributed by atoms with Crippen LogP contribution < -0.4 is 10.2 Å². The van der Waals surface area contributed by atoms with Crippen LogP contribution in [0.1, 0.15) is 62.5 Å². The molecule has 2 fully saturated rings. The Morgan fingerprint density at radius 3 is 2.88 bits per heavy atom. The van der Waals surface area contributed by atoms with Gasteiger partial charge in [-0.1, -0.05) is 25.5 Å². The summed E-state index contributed by atoms with van der Waals surface area (Å²) >= 11 is 0. The van der Waals surface area contributed by atoms with Gasteiger partial charge in [-0.15, -0.1) is 0 Å². The van der Waals surface area contributed by atoms with Crippen molar-refractivity contribution in [2.75, 3.05) is 31.6 Å². The lowest BCUT2D eigenvalue weighted by atomic mass is 10.0. The molecule has 1 aromatic rings. The number of carbonyl (C=O) groups is 1. The number of unbranched alkanes of at least 4 members (excludes halogenated alkanes) is 1. The van der Waals surface area contributed by atoms with Crippen LogP contribution in [0, 0.1) is 0 Å². The van der Waals surface area contributed by atoms with Crippen LogP contribution in [0.2, 0.25) is 0 Å². The van der Waals surface area contributed by atoms with Crippen LogP contribution in [-0.2, 0) is 11.2 Å². The molecule has 2 aliphatic heterocycles. The van der Waals surface area contributed by atoms with Gasteiger partial charge >= 0.3 is 0 Å². The van der Waals surface area contributed by atoms with Crippen molar-refractivity contribution in [3.05, 3.63) is 29.3 Å². The number of rotatable bonds is 6. The first-order chi connectivity index (χ1) is 12.7. The van der Waals surface area contributed by atoms with Gasteiger partial charge in [-0.2, -0.15) is 0 Å². The highest BCUT2D eigenvalue weighted by molar-refractivity contribution is 5.95. The third-order valence-corrected chi connectivity index (χ3v) is 6.64. The minimum Gasteiger partial charge on any atom is -0.317 e. The molecular formula is C22H33N3O. The molecule has 2 atom stereocenters. The van der Waals surface area contributed by atoms with E-state index in [1.165, 1.54) is 36.1 Å². The summed E-state index contributed by atoms with van der Waals surface area (Å²) in [6.07, 6.45) is 7.62. The average molecular weight is 356 g/mol. The third kappa shape index (κ3) is 3.54. The van der Waals surface area contributed by atoms with Crippen molar-refractivity contribution in [3.63, 3.8) is 0 Å². The van der Waals surface area contributed by atoms with Gasteiger partial charge in [0.2, 0.25) is 5.91 Å². The average Bonchev–Trinajstić information content (AvgIpc) is 3.37. The van der Waals surface area contributed by atoms with E-state index in [0.29, 0.717) is 24.3 Å². The Balaban J connectivity index is 1.40. The highest BCUT2D eigenvalue weighted by atomic mass is 16.2. The van der Waals surface area contributed by atoms with E-state index in [-0.39, 0.29) is 0 Å². The van der Waals surface area contributed by atoms with Gasteiger partial charge in [0.15, 0.2) is 0 Å². The fourth-order valence-corrected chi connectivity index (χ4v) is 4.85. The third-order valence-electron chi connectivity index (χ3n) is 6.64. The van der Waals surface area contributed by atoms with Gasteiger partial charge < -0.3 is 10.2 Å². The number of hydrogen-bond donors (Lipinski definition) is 1. The summed E-state index contributed by atoms with van der Waals surface area (Å²) in [5.41, 5.74) is 4.03. The van der Waals surface area contributed by atoms with Crippen molar-refractivity contribution in [2.24, 2.45) is 0 Å². The summed E-state index contributed by atoms with van der Waals surface area (Å²) in [5.74, 6) is 0.985. The molecule has 142 valence electrons. The van der Waals surface area contributed by atoms with Gasteiger partial charge in [0.25, 0.3) is 0 Å². The molecule has 4 rings (SSSR count). The molecule has 1 saturated heterocycles. The summed E-state index contributed by atoms with van der Waals surface area (Å²) in [4.78, 5) is 17.1. The predicted molar refractivity (Wildman–Crippen MR) is 107 cm³/mol. The van der Waals surface area contributed by atoms with Crippen molar-refractivity contribution < 1.29 is 4.79 Å². The van der Waals surface area contributed by atoms with E-state index in [1.54, 1.807) is 0 Å². The quantitative estimate of drug-likeness (QED) is 0.850. The van der Waals surface area contributed by atoms with Crippen LogP contribution in [0.3, 0.4) is 0 Å². The largest absolute Gasteiger partial charge is 0.317 e. The van der Waals surface area contributed by atoms with Crippen molar-refractivity contribution in [2.45, 2.75) is 69.9 Å². The lowest BCUT2D eigenvalue weighted by Crippen LogP contribution is -2.42. The maximum atomic E-state index is 12.4. The lowest BCUT2D eigenvalue weighted by Gasteiger charge is -2.32. The van der Waals surface area contributed by atoms with Crippen LogP contribution >= 0.6 is 0 Å². The van der Waals surface area contributed by atoms with Gasteiger partial charge in [-0.25, -0.2) is 0 Å². The number of nitrogens with one attached hydrogen (secondary N) is 1. The van der Waals surface area contributed by atoms with Gasteiger partial charge in [-0.05, 0) is 69.4 Å². The minimum atomic E-state index is 0.299. The predicted octanol–water partition coefficient (Wildman–Crippen LogP) is 3.31. The van der Waals surface area contributed by atoms with Crippen LogP contribution in [0.5, 0.6) is 0 Å². The Morgan fingerprint density at radius 2 is 2.12 bits per heavy atom. The highest BCUT2D eigenvalue weighted by Gasteiger charge is 2.43. The van der Waals surface area contributed by atoms with E-state index < -0.39 is 0 Å². The molecule has 4 nitrogen and oxygen atoms in total. The Bertz CT molecular complexity index is 653. The second kappa shape index (κ2) is 7.69. The van der Waals surface area contributed by atoms with Crippen LogP contribution in [0.25, 0.3) is 0 Å². The van der Waals surface area contributed by atoms with Crippen molar-refractivity contribution in [3.8, 4) is 0 Å². The van der Waals surface area contributed by atoms with E-state index in [4.69, 9.17) is 0 Å². The number of anilines is 1. The molecule has 0 aromatic heterocycles. The maximum absolute atomic E-state index is 12.4. The number of nitrogens with zero attached hydrogens (tertiary/aromatic N) is 2. The zero-order valence-electron chi connectivity index (χ0n) is 16.3. The van der Waals surface area contributed by atoms with E-state index in [1.807, 2.05) is 4.90 Å². The Kier molecular flexibility index (Phi) is 5.32. The number of hydrogen-bond acceptors (Lipinski definition) is 3. The summed E-state index contributed by atoms with van der Waals surface area (Å²) in [5, 5.41) is 3.47. The molecule has 1 saturated carbocycles. The number of piperidine rings is 1. The SMILES string of the molecule is CCCCC(=O)N1CCc2cc(C3CC3N(C)C3CCNCC3)ccc21. The number of fused-ring (bicyclic) bond motifs is 1. The monoisotopic (exact) mass is 355 g/mol.